The molecule has 2 saturated heterocycles. The maximum atomic E-state index is 9.00. The first-order valence-electron chi connectivity index (χ1n) is 17.1. The number of carboxylic acid groups (broad SMARTS) is 1. The van der Waals surface area contributed by atoms with Crippen molar-refractivity contribution >= 4 is 35.2 Å². The highest BCUT2D eigenvalue weighted by Crippen LogP contribution is 2.35. The molecule has 4 aromatic rings. The van der Waals surface area contributed by atoms with E-state index in [2.05, 4.69) is 64.8 Å². The first-order valence-corrected chi connectivity index (χ1v) is 17.5. The van der Waals surface area contributed by atoms with Crippen LogP contribution < -0.4 is 20.9 Å². The lowest BCUT2D eigenvalue weighted by Crippen LogP contribution is -2.25. The Hall–Kier alpha value is -4.42. The predicted molar refractivity (Wildman–Crippen MR) is 193 cm³/mol. The molecule has 2 aliphatic heterocycles. The van der Waals surface area contributed by atoms with Crippen LogP contribution in [0.25, 0.3) is 0 Å². The second-order valence-corrected chi connectivity index (χ2v) is 13.1. The minimum absolute atomic E-state index is 0.309. The van der Waals surface area contributed by atoms with Gasteiger partial charge in [-0.2, -0.15) is 4.98 Å². The monoisotopic (exact) mass is 686 g/mol. The summed E-state index contributed by atoms with van der Waals surface area (Å²) in [5, 5.41) is 18.0. The molecule has 4 aliphatic rings. The maximum absolute atomic E-state index is 9.00. The average molecular weight is 687 g/mol. The number of carboxylic acids is 1. The van der Waals surface area contributed by atoms with Crippen LogP contribution in [0.1, 0.15) is 92.6 Å². The van der Waals surface area contributed by atoms with Gasteiger partial charge in [-0.25, -0.2) is 15.0 Å². The second kappa shape index (κ2) is 17.8. The van der Waals surface area contributed by atoms with E-state index < -0.39 is 5.97 Å². The number of nitrogens with one attached hydrogen (secondary N) is 3. The van der Waals surface area contributed by atoms with Crippen molar-refractivity contribution in [1.29, 1.82) is 0 Å². The van der Waals surface area contributed by atoms with Gasteiger partial charge >= 0.3 is 0 Å². The van der Waals surface area contributed by atoms with Crippen LogP contribution in [-0.4, -0.2) is 66.2 Å². The van der Waals surface area contributed by atoms with Gasteiger partial charge in [0, 0.05) is 79.9 Å². The number of aryl methyl sites for hydroxylation is 2. The smallest absolute Gasteiger partial charge is 0.300 e. The highest BCUT2D eigenvalue weighted by atomic mass is 35.5. The van der Waals surface area contributed by atoms with E-state index in [0.717, 1.165) is 55.1 Å². The Labute approximate surface area is 293 Å². The van der Waals surface area contributed by atoms with E-state index in [1.54, 1.807) is 6.20 Å². The van der Waals surface area contributed by atoms with E-state index in [4.69, 9.17) is 26.5 Å². The molecule has 0 spiro atoms. The van der Waals surface area contributed by atoms with Crippen molar-refractivity contribution in [2.75, 3.05) is 28.6 Å². The minimum Gasteiger partial charge on any atom is -0.481 e. The molecule has 2 saturated carbocycles. The summed E-state index contributed by atoms with van der Waals surface area (Å²) < 4.78 is 0. The summed E-state index contributed by atoms with van der Waals surface area (Å²) in [6, 6.07) is 10.4. The molecule has 4 N–H and O–H groups in total. The highest BCUT2D eigenvalue weighted by molar-refractivity contribution is 6.28. The number of anilines is 3. The fraction of sp³-hybridized carbons (Fsp3) is 0.472. The van der Waals surface area contributed by atoms with Crippen molar-refractivity contribution in [2.45, 2.75) is 96.3 Å². The van der Waals surface area contributed by atoms with Crippen LogP contribution in [0.2, 0.25) is 5.28 Å². The molecule has 4 aromatic heterocycles. The van der Waals surface area contributed by atoms with Crippen LogP contribution in [0.3, 0.4) is 0 Å². The van der Waals surface area contributed by atoms with Gasteiger partial charge in [0.2, 0.25) is 11.2 Å². The first kappa shape index (κ1) is 35.9. The fourth-order valence-electron chi connectivity index (χ4n) is 5.60. The predicted octanol–water partition coefficient (Wildman–Crippen LogP) is 6.71. The topological polar surface area (TPSA) is 154 Å². The van der Waals surface area contributed by atoms with Gasteiger partial charge < -0.3 is 26.0 Å². The Morgan fingerprint density at radius 1 is 0.837 bits per heavy atom. The number of aromatic nitrogens is 6. The molecular weight excluding hydrogens is 640 g/mol. The quantitative estimate of drug-likeness (QED) is 0.153. The van der Waals surface area contributed by atoms with Crippen LogP contribution in [0.15, 0.2) is 61.4 Å². The van der Waals surface area contributed by atoms with E-state index in [-0.39, 0.29) is 0 Å². The molecular formula is C36H47ClN10O2. The third-order valence-electron chi connectivity index (χ3n) is 8.46. The molecule has 0 bridgehead atoms. The number of rotatable bonds is 7. The largest absolute Gasteiger partial charge is 0.481 e. The molecule has 2 unspecified atom stereocenters. The Balaban J connectivity index is 0.000000147. The van der Waals surface area contributed by atoms with Gasteiger partial charge in [-0.05, 0) is 107 Å². The molecule has 0 aromatic carbocycles. The molecule has 12 nitrogen and oxygen atoms in total. The number of nitrogens with zero attached hydrogens (tertiary/aromatic N) is 7. The SMILES string of the molecule is CC(=O)O.Cc1cnc(Cl)nc1NC1CC1.Cc1cnc(N2CCCC2c2cccnc2)nc1NC1CC1.c1cncc(C2CCCN2)c1. The van der Waals surface area contributed by atoms with E-state index in [0.29, 0.717) is 29.5 Å². The lowest BCUT2D eigenvalue weighted by atomic mass is 10.1. The van der Waals surface area contributed by atoms with E-state index in [9.17, 15) is 0 Å². The number of hydrogen-bond donors (Lipinski definition) is 4. The zero-order valence-corrected chi connectivity index (χ0v) is 29.3. The summed E-state index contributed by atoms with van der Waals surface area (Å²) in [6.07, 6.45) is 21.0. The van der Waals surface area contributed by atoms with Gasteiger partial charge in [-0.3, -0.25) is 14.8 Å². The molecule has 0 amide bonds. The number of pyridine rings is 2. The van der Waals surface area contributed by atoms with Crippen molar-refractivity contribution in [2.24, 2.45) is 0 Å². The molecule has 2 aliphatic carbocycles. The third kappa shape index (κ3) is 11.6. The number of hydrogen-bond acceptors (Lipinski definition) is 11. The summed E-state index contributed by atoms with van der Waals surface area (Å²) in [7, 11) is 0. The molecule has 49 heavy (non-hydrogen) atoms. The van der Waals surface area contributed by atoms with Gasteiger partial charge in [0.1, 0.15) is 11.6 Å². The Kier molecular flexibility index (Phi) is 13.1. The molecule has 6 heterocycles. The van der Waals surface area contributed by atoms with Crippen molar-refractivity contribution in [3.05, 3.63) is 89.0 Å². The summed E-state index contributed by atoms with van der Waals surface area (Å²) in [6.45, 7) is 7.28. The first-order chi connectivity index (χ1) is 23.8. The molecule has 260 valence electrons. The highest BCUT2D eigenvalue weighted by Gasteiger charge is 2.29. The number of aliphatic carboxylic acids is 1. The minimum atomic E-state index is -0.833. The summed E-state index contributed by atoms with van der Waals surface area (Å²) in [5.74, 6) is 1.86. The molecule has 13 heteroatoms. The van der Waals surface area contributed by atoms with Gasteiger partial charge in [-0.15, -0.1) is 0 Å². The Bertz CT molecular complexity index is 1610. The van der Waals surface area contributed by atoms with Crippen LogP contribution in [0.4, 0.5) is 17.6 Å². The zero-order valence-electron chi connectivity index (χ0n) is 28.5. The van der Waals surface area contributed by atoms with E-state index in [1.807, 2.05) is 50.0 Å². The second-order valence-electron chi connectivity index (χ2n) is 12.8. The maximum Gasteiger partial charge on any atom is 0.300 e. The normalized spacial score (nSPS) is 19.3. The van der Waals surface area contributed by atoms with Crippen LogP contribution >= 0.6 is 11.6 Å². The summed E-state index contributed by atoms with van der Waals surface area (Å²) in [4.78, 5) is 37.0. The van der Waals surface area contributed by atoms with Gasteiger partial charge in [0.25, 0.3) is 5.97 Å². The fourth-order valence-corrected chi connectivity index (χ4v) is 5.74. The van der Waals surface area contributed by atoms with Crippen molar-refractivity contribution in [3.8, 4) is 0 Å². The third-order valence-corrected chi connectivity index (χ3v) is 8.65. The van der Waals surface area contributed by atoms with Crippen LogP contribution in [0.5, 0.6) is 0 Å². The van der Waals surface area contributed by atoms with Crippen molar-refractivity contribution in [3.63, 3.8) is 0 Å². The zero-order chi connectivity index (χ0) is 34.6. The van der Waals surface area contributed by atoms with Crippen molar-refractivity contribution < 1.29 is 9.90 Å². The van der Waals surface area contributed by atoms with Gasteiger partial charge in [-0.1, -0.05) is 12.1 Å². The molecule has 0 radical (unpaired) electrons. The lowest BCUT2D eigenvalue weighted by molar-refractivity contribution is -0.134. The van der Waals surface area contributed by atoms with E-state index >= 15 is 0 Å². The molecule has 2 atom stereocenters. The molecule has 4 fully saturated rings. The Morgan fingerprint density at radius 2 is 1.43 bits per heavy atom. The van der Waals surface area contributed by atoms with Crippen LogP contribution in [0, 0.1) is 13.8 Å². The molecule has 8 rings (SSSR count). The standard InChI is InChI=1S/C17H21N5.C9H12N2.C8H10ClN3.C2H4O2/c1-12-10-19-17(21-16(12)20-14-6-7-14)22-9-3-5-15(22)13-4-2-8-18-11-13;1-3-8(7-10-5-1)9-4-2-6-11-9;1-5-4-10-8(9)12-7(5)11-6-2-3-6;1-2(3)4/h2,4,8,10-11,14-15H,3,5-7,9H2,1H3,(H,19,20,21);1,3,5,7,9,11H,2,4,6H2;4,6H,2-3H2,1H3,(H,10,11,12);1H3,(H,3,4). The van der Waals surface area contributed by atoms with Crippen molar-refractivity contribution in [1.82, 2.24) is 35.2 Å². The number of halogens is 1. The average Bonchev–Trinajstić information content (AvgIpc) is 3.99. The van der Waals surface area contributed by atoms with E-state index in [1.165, 1.54) is 56.1 Å². The van der Waals surface area contributed by atoms with Gasteiger partial charge in [0.15, 0.2) is 0 Å². The lowest BCUT2D eigenvalue weighted by Gasteiger charge is -2.25. The Morgan fingerprint density at radius 3 is 1.98 bits per heavy atom. The summed E-state index contributed by atoms with van der Waals surface area (Å²) >= 11 is 5.66. The van der Waals surface area contributed by atoms with Crippen LogP contribution in [-0.2, 0) is 4.79 Å². The number of carbonyl (C=O) groups is 1. The van der Waals surface area contributed by atoms with Gasteiger partial charge in [0.05, 0.1) is 6.04 Å². The summed E-state index contributed by atoms with van der Waals surface area (Å²) in [5.41, 5.74) is 4.74.